The fourth-order valence-electron chi connectivity index (χ4n) is 3.49. The van der Waals surface area contributed by atoms with Gasteiger partial charge in [0.15, 0.2) is 0 Å². The first-order chi connectivity index (χ1) is 15.6. The summed E-state index contributed by atoms with van der Waals surface area (Å²) in [5.74, 6) is -1.65. The molecule has 0 aromatic heterocycles. The van der Waals surface area contributed by atoms with E-state index in [1.807, 2.05) is 6.92 Å². The Morgan fingerprint density at radius 2 is 1.91 bits per heavy atom. The average Bonchev–Trinajstić information content (AvgIpc) is 3.15. The predicted octanol–water partition coefficient (Wildman–Crippen LogP) is 3.68. The summed E-state index contributed by atoms with van der Waals surface area (Å²) in [6.07, 6.45) is -4.53. The predicted molar refractivity (Wildman–Crippen MR) is 116 cm³/mol. The minimum absolute atomic E-state index is 0.00288. The number of amides is 3. The Morgan fingerprint density at radius 3 is 2.61 bits per heavy atom. The molecule has 3 amide bonds. The van der Waals surface area contributed by atoms with E-state index in [0.717, 1.165) is 0 Å². The average molecular weight is 463 g/mol. The van der Waals surface area contributed by atoms with Gasteiger partial charge in [-0.25, -0.2) is 0 Å². The van der Waals surface area contributed by atoms with E-state index in [0.29, 0.717) is 29.3 Å². The number of hydrogen-bond donors (Lipinski definition) is 2. The molecule has 0 aliphatic carbocycles. The summed E-state index contributed by atoms with van der Waals surface area (Å²) in [5.41, 5.74) is 1.48. The zero-order valence-corrected chi connectivity index (χ0v) is 18.2. The molecular formula is C23H24F3N3O4. The first kappa shape index (κ1) is 24.1. The second-order valence-corrected chi connectivity index (χ2v) is 7.62. The Labute approximate surface area is 188 Å². The molecule has 33 heavy (non-hydrogen) atoms. The van der Waals surface area contributed by atoms with Crippen LogP contribution in [0, 0.1) is 12.8 Å². The van der Waals surface area contributed by atoms with Gasteiger partial charge in [0.25, 0.3) is 5.91 Å². The molecule has 1 atom stereocenters. The molecule has 2 aromatic carbocycles. The summed E-state index contributed by atoms with van der Waals surface area (Å²) in [5, 5.41) is 4.50. The number of rotatable bonds is 7. The summed E-state index contributed by atoms with van der Waals surface area (Å²) in [4.78, 5) is 39.0. The van der Waals surface area contributed by atoms with E-state index >= 15 is 0 Å². The minimum atomic E-state index is -4.53. The van der Waals surface area contributed by atoms with Gasteiger partial charge in [0.2, 0.25) is 11.8 Å². The highest BCUT2D eigenvalue weighted by Crippen LogP contribution is 2.33. The lowest BCUT2D eigenvalue weighted by Gasteiger charge is -2.20. The van der Waals surface area contributed by atoms with Crippen LogP contribution >= 0.6 is 0 Å². The van der Waals surface area contributed by atoms with Crippen LogP contribution in [0.15, 0.2) is 42.5 Å². The summed E-state index contributed by atoms with van der Waals surface area (Å²) in [7, 11) is 0. The number of carbonyl (C=O) groups excluding carboxylic acids is 3. The van der Waals surface area contributed by atoms with Crippen molar-refractivity contribution in [1.82, 2.24) is 5.32 Å². The fraction of sp³-hybridized carbons (Fsp3) is 0.348. The number of anilines is 2. The first-order valence-electron chi connectivity index (χ1n) is 10.4. The van der Waals surface area contributed by atoms with Crippen LogP contribution in [0.4, 0.5) is 24.5 Å². The highest BCUT2D eigenvalue weighted by atomic mass is 19.4. The van der Waals surface area contributed by atoms with Gasteiger partial charge in [-0.1, -0.05) is 18.2 Å². The molecule has 2 N–H and O–H groups in total. The maximum Gasteiger partial charge on any atom is 0.405 e. The Balaban J connectivity index is 1.71. The normalized spacial score (nSPS) is 16.0. The Kier molecular flexibility index (Phi) is 7.25. The van der Waals surface area contributed by atoms with Crippen molar-refractivity contribution in [2.24, 2.45) is 5.92 Å². The number of ether oxygens (including phenoxy) is 1. The van der Waals surface area contributed by atoms with Crippen molar-refractivity contribution in [3.8, 4) is 5.75 Å². The molecule has 0 spiro atoms. The third-order valence-corrected chi connectivity index (χ3v) is 5.16. The number of nitrogens with zero attached hydrogens (tertiary/aromatic N) is 1. The Morgan fingerprint density at radius 1 is 1.18 bits per heavy atom. The van der Waals surface area contributed by atoms with Crippen molar-refractivity contribution in [2.75, 3.05) is 29.9 Å². The fourth-order valence-corrected chi connectivity index (χ4v) is 3.49. The Bertz CT molecular complexity index is 1060. The molecule has 10 heteroatoms. The number of benzene rings is 2. The second kappa shape index (κ2) is 9.93. The van der Waals surface area contributed by atoms with Crippen LogP contribution in [0.2, 0.25) is 0 Å². The number of halogens is 3. The third kappa shape index (κ3) is 6.03. The van der Waals surface area contributed by atoms with Crippen molar-refractivity contribution in [1.29, 1.82) is 0 Å². The molecule has 7 nitrogen and oxygen atoms in total. The van der Waals surface area contributed by atoms with E-state index in [9.17, 15) is 27.6 Å². The number of para-hydroxylation sites is 2. The van der Waals surface area contributed by atoms with Crippen molar-refractivity contribution in [2.45, 2.75) is 26.4 Å². The van der Waals surface area contributed by atoms with Crippen molar-refractivity contribution in [3.63, 3.8) is 0 Å². The monoisotopic (exact) mass is 463 g/mol. The van der Waals surface area contributed by atoms with E-state index in [4.69, 9.17) is 4.74 Å². The van der Waals surface area contributed by atoms with E-state index < -0.39 is 30.5 Å². The van der Waals surface area contributed by atoms with Crippen LogP contribution in [-0.4, -0.2) is 43.6 Å². The quantitative estimate of drug-likeness (QED) is 0.656. The summed E-state index contributed by atoms with van der Waals surface area (Å²) in [6.45, 7) is 2.65. The molecule has 0 saturated carbocycles. The van der Waals surface area contributed by atoms with Crippen molar-refractivity contribution >= 4 is 29.1 Å². The molecule has 0 radical (unpaired) electrons. The number of alkyl halides is 3. The van der Waals surface area contributed by atoms with Gasteiger partial charge in [0.1, 0.15) is 12.3 Å². The standard InChI is InChI=1S/C23H24F3N3O4/c1-3-33-19-7-5-4-6-18(19)29-12-16(11-20(29)30)22(32)28-17-10-15(9-8-14(17)2)21(31)27-13-23(24,25)26/h4-10,16H,3,11-13H2,1-2H3,(H,27,31)(H,28,32). The molecule has 1 saturated heterocycles. The van der Waals surface area contributed by atoms with E-state index in [2.05, 4.69) is 5.32 Å². The molecule has 0 bridgehead atoms. The number of aryl methyl sites for hydroxylation is 1. The molecule has 3 rings (SSSR count). The van der Waals surface area contributed by atoms with Crippen LogP contribution in [-0.2, 0) is 9.59 Å². The molecule has 1 heterocycles. The molecule has 2 aromatic rings. The van der Waals surface area contributed by atoms with Crippen LogP contribution < -0.4 is 20.3 Å². The lowest BCUT2D eigenvalue weighted by molar-refractivity contribution is -0.123. The lowest BCUT2D eigenvalue weighted by atomic mass is 10.1. The molecule has 1 unspecified atom stereocenters. The zero-order chi connectivity index (χ0) is 24.2. The van der Waals surface area contributed by atoms with Crippen molar-refractivity contribution < 1.29 is 32.3 Å². The molecular weight excluding hydrogens is 439 g/mol. The van der Waals surface area contributed by atoms with Gasteiger partial charge in [0, 0.05) is 24.2 Å². The van der Waals surface area contributed by atoms with Gasteiger partial charge in [-0.15, -0.1) is 0 Å². The maximum atomic E-state index is 12.9. The Hall–Kier alpha value is -3.56. The molecule has 1 aliphatic rings. The van der Waals surface area contributed by atoms with Gasteiger partial charge in [-0.05, 0) is 43.7 Å². The lowest BCUT2D eigenvalue weighted by Crippen LogP contribution is -2.33. The zero-order valence-electron chi connectivity index (χ0n) is 18.2. The maximum absolute atomic E-state index is 12.9. The van der Waals surface area contributed by atoms with Crippen LogP contribution in [0.3, 0.4) is 0 Å². The number of nitrogens with one attached hydrogen (secondary N) is 2. The van der Waals surface area contributed by atoms with Crippen LogP contribution in [0.25, 0.3) is 0 Å². The largest absolute Gasteiger partial charge is 0.492 e. The van der Waals surface area contributed by atoms with E-state index in [-0.39, 0.29) is 24.4 Å². The SMILES string of the molecule is CCOc1ccccc1N1CC(C(=O)Nc2cc(C(=O)NCC(F)(F)F)ccc2C)CC1=O. The van der Waals surface area contributed by atoms with Crippen LogP contribution in [0.5, 0.6) is 5.75 Å². The number of carbonyl (C=O) groups is 3. The van der Waals surface area contributed by atoms with Gasteiger partial charge in [0.05, 0.1) is 18.2 Å². The highest BCUT2D eigenvalue weighted by Gasteiger charge is 2.36. The molecule has 1 fully saturated rings. The van der Waals surface area contributed by atoms with Gasteiger partial charge >= 0.3 is 6.18 Å². The van der Waals surface area contributed by atoms with Gasteiger partial charge in [-0.3, -0.25) is 14.4 Å². The highest BCUT2D eigenvalue weighted by molar-refractivity contribution is 6.05. The van der Waals surface area contributed by atoms with E-state index in [1.54, 1.807) is 36.5 Å². The summed E-state index contributed by atoms with van der Waals surface area (Å²) in [6, 6.07) is 11.3. The van der Waals surface area contributed by atoms with Crippen LogP contribution in [0.1, 0.15) is 29.3 Å². The molecule has 176 valence electrons. The second-order valence-electron chi connectivity index (χ2n) is 7.62. The van der Waals surface area contributed by atoms with E-state index in [1.165, 1.54) is 23.1 Å². The third-order valence-electron chi connectivity index (χ3n) is 5.16. The molecule has 1 aliphatic heterocycles. The topological polar surface area (TPSA) is 87.7 Å². The number of hydrogen-bond acceptors (Lipinski definition) is 4. The summed E-state index contributed by atoms with van der Waals surface area (Å²) < 4.78 is 42.7. The van der Waals surface area contributed by atoms with Crippen molar-refractivity contribution in [3.05, 3.63) is 53.6 Å². The minimum Gasteiger partial charge on any atom is -0.492 e. The van der Waals surface area contributed by atoms with Gasteiger partial charge in [-0.2, -0.15) is 13.2 Å². The summed E-state index contributed by atoms with van der Waals surface area (Å²) >= 11 is 0. The first-order valence-corrected chi connectivity index (χ1v) is 10.4. The van der Waals surface area contributed by atoms with Gasteiger partial charge < -0.3 is 20.3 Å². The smallest absolute Gasteiger partial charge is 0.405 e.